The number of hydrogen-bond acceptors (Lipinski definition) is 2. The van der Waals surface area contributed by atoms with Crippen molar-refractivity contribution in [3.63, 3.8) is 0 Å². The minimum absolute atomic E-state index is 0.0446. The maximum absolute atomic E-state index is 13.3. The van der Waals surface area contributed by atoms with Crippen LogP contribution < -0.4 is 10.6 Å². The molecular weight excluding hydrogens is 311 g/mol. The van der Waals surface area contributed by atoms with E-state index in [-0.39, 0.29) is 11.7 Å². The Kier molecular flexibility index (Phi) is 7.02. The third-order valence-corrected chi connectivity index (χ3v) is 3.19. The Bertz CT molecular complexity index is 424. The van der Waals surface area contributed by atoms with E-state index in [1.807, 2.05) is 6.07 Å². The zero-order valence-corrected chi connectivity index (χ0v) is 12.9. The first-order valence-corrected chi connectivity index (χ1v) is 7.19. The van der Waals surface area contributed by atoms with Crippen molar-refractivity contribution in [1.29, 1.82) is 0 Å². The second-order valence-electron chi connectivity index (χ2n) is 4.87. The number of carbonyl (C=O) groups is 1. The Balaban J connectivity index is 2.20. The molecule has 0 bridgehead atoms. The molecule has 0 aromatic heterocycles. The minimum Gasteiger partial charge on any atom is -0.356 e. The quantitative estimate of drug-likeness (QED) is 0.755. The van der Waals surface area contributed by atoms with Crippen LogP contribution in [0.15, 0.2) is 22.7 Å². The lowest BCUT2D eigenvalue weighted by Gasteiger charge is -2.08. The van der Waals surface area contributed by atoms with Gasteiger partial charge in [0.15, 0.2) is 0 Å². The fourth-order valence-corrected chi connectivity index (χ4v) is 1.74. The average molecular weight is 331 g/mol. The first kappa shape index (κ1) is 16.1. The molecule has 1 aromatic carbocycles. The molecule has 0 saturated carbocycles. The van der Waals surface area contributed by atoms with Crippen molar-refractivity contribution in [2.24, 2.45) is 5.92 Å². The highest BCUT2D eigenvalue weighted by atomic mass is 79.9. The maximum atomic E-state index is 13.3. The summed E-state index contributed by atoms with van der Waals surface area (Å²) in [6, 6.07) is 5.01. The zero-order chi connectivity index (χ0) is 14.3. The molecule has 1 amide bonds. The highest BCUT2D eigenvalue weighted by Crippen LogP contribution is 2.16. The van der Waals surface area contributed by atoms with E-state index in [4.69, 9.17) is 0 Å². The highest BCUT2D eigenvalue weighted by molar-refractivity contribution is 9.10. The molecule has 0 aliphatic rings. The third-order valence-electron chi connectivity index (χ3n) is 2.55. The van der Waals surface area contributed by atoms with Crippen molar-refractivity contribution in [3.8, 4) is 0 Å². The van der Waals surface area contributed by atoms with E-state index in [1.54, 1.807) is 6.07 Å². The van der Waals surface area contributed by atoms with Crippen LogP contribution in [0.5, 0.6) is 0 Å². The summed E-state index contributed by atoms with van der Waals surface area (Å²) in [7, 11) is 0. The molecule has 0 heterocycles. The minimum atomic E-state index is -0.269. The van der Waals surface area contributed by atoms with E-state index >= 15 is 0 Å². The van der Waals surface area contributed by atoms with E-state index in [9.17, 15) is 9.18 Å². The molecule has 0 spiro atoms. The summed E-state index contributed by atoms with van der Waals surface area (Å²) in [6.07, 6.45) is 0.436. The molecule has 0 radical (unpaired) electrons. The summed E-state index contributed by atoms with van der Waals surface area (Å²) in [5.41, 5.74) is 0.864. The van der Waals surface area contributed by atoms with Crippen molar-refractivity contribution in [2.75, 3.05) is 13.1 Å². The summed E-state index contributed by atoms with van der Waals surface area (Å²) in [6.45, 7) is 5.96. The van der Waals surface area contributed by atoms with Crippen LogP contribution in [-0.4, -0.2) is 19.0 Å². The number of nitrogens with one attached hydrogen (secondary N) is 2. The van der Waals surface area contributed by atoms with Gasteiger partial charge in [-0.3, -0.25) is 4.79 Å². The second kappa shape index (κ2) is 8.27. The van der Waals surface area contributed by atoms with Crippen LogP contribution in [0.2, 0.25) is 0 Å². The number of carbonyl (C=O) groups excluding carboxylic acids is 1. The van der Waals surface area contributed by atoms with Crippen LogP contribution in [0.4, 0.5) is 4.39 Å². The van der Waals surface area contributed by atoms with Gasteiger partial charge in [-0.2, -0.15) is 0 Å². The Hall–Kier alpha value is -0.940. The molecule has 0 aliphatic heterocycles. The molecule has 1 rings (SSSR count). The molecule has 1 aromatic rings. The Morgan fingerprint density at radius 1 is 1.42 bits per heavy atom. The molecule has 0 saturated heterocycles. The number of amides is 1. The van der Waals surface area contributed by atoms with Gasteiger partial charge in [0.1, 0.15) is 5.82 Å². The molecule has 2 N–H and O–H groups in total. The van der Waals surface area contributed by atoms with Gasteiger partial charge in [0.2, 0.25) is 5.91 Å². The highest BCUT2D eigenvalue weighted by Gasteiger charge is 2.03. The lowest BCUT2D eigenvalue weighted by molar-refractivity contribution is -0.121. The Labute approximate surface area is 122 Å². The molecule has 19 heavy (non-hydrogen) atoms. The van der Waals surface area contributed by atoms with Crippen LogP contribution in [0.25, 0.3) is 0 Å². The smallest absolute Gasteiger partial charge is 0.221 e. The standard InChI is InChI=1S/C14H20BrFN2O/c1-10(2)8-18-14(19)5-6-17-9-11-3-4-12(15)13(16)7-11/h3-4,7,10,17H,5-6,8-9H2,1-2H3,(H,18,19). The summed E-state index contributed by atoms with van der Waals surface area (Å²) in [4.78, 5) is 11.4. The summed E-state index contributed by atoms with van der Waals surface area (Å²) < 4.78 is 13.7. The fraction of sp³-hybridized carbons (Fsp3) is 0.500. The fourth-order valence-electron chi connectivity index (χ4n) is 1.49. The maximum Gasteiger partial charge on any atom is 0.221 e. The number of hydrogen-bond donors (Lipinski definition) is 2. The van der Waals surface area contributed by atoms with Gasteiger partial charge < -0.3 is 10.6 Å². The van der Waals surface area contributed by atoms with Crippen LogP contribution in [0, 0.1) is 11.7 Å². The third kappa shape index (κ3) is 6.68. The molecule has 0 fully saturated rings. The Morgan fingerprint density at radius 2 is 2.16 bits per heavy atom. The monoisotopic (exact) mass is 330 g/mol. The van der Waals surface area contributed by atoms with Crippen LogP contribution in [0.3, 0.4) is 0 Å². The van der Waals surface area contributed by atoms with Gasteiger partial charge in [0.25, 0.3) is 0 Å². The molecule has 5 heteroatoms. The first-order chi connectivity index (χ1) is 8.99. The van der Waals surface area contributed by atoms with Crippen molar-refractivity contribution in [3.05, 3.63) is 34.1 Å². The van der Waals surface area contributed by atoms with Gasteiger partial charge in [0, 0.05) is 26.1 Å². The second-order valence-corrected chi connectivity index (χ2v) is 5.73. The van der Waals surface area contributed by atoms with E-state index in [2.05, 4.69) is 40.4 Å². The molecule has 0 atom stereocenters. The number of rotatable bonds is 7. The number of benzene rings is 1. The van der Waals surface area contributed by atoms with Crippen molar-refractivity contribution >= 4 is 21.8 Å². The van der Waals surface area contributed by atoms with Crippen molar-refractivity contribution < 1.29 is 9.18 Å². The molecule has 0 aliphatic carbocycles. The van der Waals surface area contributed by atoms with Crippen LogP contribution >= 0.6 is 15.9 Å². The summed E-state index contributed by atoms with van der Waals surface area (Å²) >= 11 is 3.11. The van der Waals surface area contributed by atoms with Gasteiger partial charge in [-0.05, 0) is 39.5 Å². The topological polar surface area (TPSA) is 41.1 Å². The normalized spacial score (nSPS) is 10.8. The SMILES string of the molecule is CC(C)CNC(=O)CCNCc1ccc(Br)c(F)c1. The lowest BCUT2D eigenvalue weighted by Crippen LogP contribution is -2.30. The average Bonchev–Trinajstić information content (AvgIpc) is 2.36. The lowest BCUT2D eigenvalue weighted by atomic mass is 10.2. The molecule has 106 valence electrons. The molecule has 3 nitrogen and oxygen atoms in total. The molecular formula is C14H20BrFN2O. The van der Waals surface area contributed by atoms with Gasteiger partial charge in [0.05, 0.1) is 4.47 Å². The van der Waals surface area contributed by atoms with Gasteiger partial charge in [-0.15, -0.1) is 0 Å². The van der Waals surface area contributed by atoms with Crippen LogP contribution in [-0.2, 0) is 11.3 Å². The van der Waals surface area contributed by atoms with Gasteiger partial charge in [-0.25, -0.2) is 4.39 Å². The van der Waals surface area contributed by atoms with E-state index in [0.717, 1.165) is 5.56 Å². The van der Waals surface area contributed by atoms with Crippen LogP contribution in [0.1, 0.15) is 25.8 Å². The van der Waals surface area contributed by atoms with E-state index in [0.29, 0.717) is 36.4 Å². The van der Waals surface area contributed by atoms with E-state index in [1.165, 1.54) is 6.07 Å². The van der Waals surface area contributed by atoms with Crippen molar-refractivity contribution in [1.82, 2.24) is 10.6 Å². The predicted molar refractivity (Wildman–Crippen MR) is 78.3 cm³/mol. The summed E-state index contributed by atoms with van der Waals surface area (Å²) in [5, 5.41) is 5.98. The molecule has 0 unspecified atom stereocenters. The van der Waals surface area contributed by atoms with E-state index < -0.39 is 0 Å². The van der Waals surface area contributed by atoms with Crippen molar-refractivity contribution in [2.45, 2.75) is 26.8 Å². The van der Waals surface area contributed by atoms with Gasteiger partial charge >= 0.3 is 0 Å². The predicted octanol–water partition coefficient (Wildman–Crippen LogP) is 2.84. The Morgan fingerprint density at radius 3 is 2.79 bits per heavy atom. The first-order valence-electron chi connectivity index (χ1n) is 6.40. The largest absolute Gasteiger partial charge is 0.356 e. The van der Waals surface area contributed by atoms with Gasteiger partial charge in [-0.1, -0.05) is 19.9 Å². The summed E-state index contributed by atoms with van der Waals surface area (Å²) in [5.74, 6) is 0.236. The number of halogens is 2. The zero-order valence-electron chi connectivity index (χ0n) is 11.3.